The van der Waals surface area contributed by atoms with Crippen molar-refractivity contribution in [1.29, 1.82) is 0 Å². The van der Waals surface area contributed by atoms with Gasteiger partial charge in [0.2, 0.25) is 0 Å². The molecule has 0 aliphatic rings. The Kier molecular flexibility index (Phi) is 7.15. The molecule has 0 spiro atoms. The topological polar surface area (TPSA) is 59.9 Å². The number of fused-ring (bicyclic) bond motifs is 1. The molecule has 0 saturated carbocycles. The number of hydrogen-bond donors (Lipinski definition) is 1. The van der Waals surface area contributed by atoms with Crippen LogP contribution in [0.4, 0.5) is 0 Å². The Hall–Kier alpha value is -3.64. The minimum Gasteiger partial charge on any atom is -0.488 e. The van der Waals surface area contributed by atoms with Crippen LogP contribution in [0.5, 0.6) is 11.5 Å². The molecule has 0 aromatic heterocycles. The Morgan fingerprint density at radius 1 is 0.906 bits per heavy atom. The molecule has 1 N–H and O–H groups in total. The maximum absolute atomic E-state index is 12.2. The van der Waals surface area contributed by atoms with E-state index < -0.39 is 0 Å². The Bertz CT molecular complexity index is 1240. The van der Waals surface area contributed by atoms with Gasteiger partial charge >= 0.3 is 0 Å². The molecule has 0 fully saturated rings. The maximum Gasteiger partial charge on any atom is 0.277 e. The first-order valence-corrected chi connectivity index (χ1v) is 10.9. The highest BCUT2D eigenvalue weighted by molar-refractivity contribution is 9.10. The molecule has 160 valence electrons. The summed E-state index contributed by atoms with van der Waals surface area (Å²) in [5, 5.41) is 6.19. The minimum atomic E-state index is -0.354. The number of hydrogen-bond acceptors (Lipinski definition) is 4. The smallest absolute Gasteiger partial charge is 0.277 e. The lowest BCUT2D eigenvalue weighted by atomic mass is 10.0. The Morgan fingerprint density at radius 2 is 1.72 bits per heavy atom. The highest BCUT2D eigenvalue weighted by atomic mass is 79.9. The highest BCUT2D eigenvalue weighted by Crippen LogP contribution is 2.27. The van der Waals surface area contributed by atoms with E-state index in [-0.39, 0.29) is 12.5 Å². The number of ether oxygens (including phenoxy) is 2. The molecule has 0 saturated heterocycles. The summed E-state index contributed by atoms with van der Waals surface area (Å²) in [5.41, 5.74) is 4.39. The predicted molar refractivity (Wildman–Crippen MR) is 130 cm³/mol. The van der Waals surface area contributed by atoms with Crippen LogP contribution in [0, 0.1) is 0 Å². The summed E-state index contributed by atoms with van der Waals surface area (Å²) in [5.74, 6) is 0.938. The number of halogens is 1. The van der Waals surface area contributed by atoms with Crippen LogP contribution in [-0.2, 0) is 11.4 Å². The molecule has 4 rings (SSSR count). The number of carbonyl (C=O) groups is 1. The van der Waals surface area contributed by atoms with Crippen molar-refractivity contribution in [2.75, 3.05) is 6.61 Å². The van der Waals surface area contributed by atoms with Gasteiger partial charge in [-0.3, -0.25) is 4.79 Å². The van der Waals surface area contributed by atoms with Crippen molar-refractivity contribution in [3.8, 4) is 11.5 Å². The molecule has 0 unspecified atom stereocenters. The fourth-order valence-electron chi connectivity index (χ4n) is 3.18. The summed E-state index contributed by atoms with van der Waals surface area (Å²) >= 11 is 3.38. The van der Waals surface area contributed by atoms with Gasteiger partial charge in [-0.05, 0) is 40.6 Å². The molecule has 32 heavy (non-hydrogen) atoms. The van der Waals surface area contributed by atoms with E-state index in [0.717, 1.165) is 26.4 Å². The zero-order chi connectivity index (χ0) is 22.2. The number of amides is 1. The maximum atomic E-state index is 12.2. The molecule has 5 nitrogen and oxygen atoms in total. The van der Waals surface area contributed by atoms with Crippen LogP contribution in [0.15, 0.2) is 101 Å². The van der Waals surface area contributed by atoms with E-state index >= 15 is 0 Å². The van der Waals surface area contributed by atoms with Crippen LogP contribution in [0.1, 0.15) is 11.1 Å². The number of nitrogens with zero attached hydrogens (tertiary/aromatic N) is 1. The van der Waals surface area contributed by atoms with E-state index in [0.29, 0.717) is 18.1 Å². The van der Waals surface area contributed by atoms with Gasteiger partial charge in [-0.2, -0.15) is 5.10 Å². The summed E-state index contributed by atoms with van der Waals surface area (Å²) in [7, 11) is 0. The van der Waals surface area contributed by atoms with E-state index in [4.69, 9.17) is 9.47 Å². The number of rotatable bonds is 8. The summed E-state index contributed by atoms with van der Waals surface area (Å²) < 4.78 is 12.4. The molecule has 1 amide bonds. The normalized spacial score (nSPS) is 10.9. The molecule has 0 atom stereocenters. The zero-order valence-electron chi connectivity index (χ0n) is 17.2. The van der Waals surface area contributed by atoms with E-state index in [9.17, 15) is 4.79 Å². The third-order valence-electron chi connectivity index (χ3n) is 4.72. The highest BCUT2D eigenvalue weighted by Gasteiger charge is 2.08. The Labute approximate surface area is 194 Å². The molecular weight excluding hydrogens is 468 g/mol. The molecule has 4 aromatic rings. The van der Waals surface area contributed by atoms with Crippen LogP contribution >= 0.6 is 15.9 Å². The Balaban J connectivity index is 1.46. The minimum absolute atomic E-state index is 0.138. The summed E-state index contributed by atoms with van der Waals surface area (Å²) in [4.78, 5) is 12.2. The first-order valence-electron chi connectivity index (χ1n) is 10.1. The fraction of sp³-hybridized carbons (Fsp3) is 0.0769. The lowest BCUT2D eigenvalue weighted by Crippen LogP contribution is -2.24. The monoisotopic (exact) mass is 488 g/mol. The molecule has 0 aliphatic carbocycles. The number of benzene rings is 4. The third-order valence-corrected chi connectivity index (χ3v) is 5.21. The van der Waals surface area contributed by atoms with E-state index in [1.807, 2.05) is 78.9 Å². The lowest BCUT2D eigenvalue weighted by Gasteiger charge is -2.12. The summed E-state index contributed by atoms with van der Waals surface area (Å²) in [6, 6.07) is 29.2. The molecule has 0 aliphatic heterocycles. The van der Waals surface area contributed by atoms with Crippen LogP contribution in [0.3, 0.4) is 0 Å². The number of carbonyl (C=O) groups excluding carboxylic acids is 1. The molecular formula is C26H21BrN2O3. The molecule has 0 heterocycles. The van der Waals surface area contributed by atoms with E-state index in [2.05, 4.69) is 26.5 Å². The standard InChI is InChI=1S/C26H21BrN2O3/c27-21-10-6-11-22(15-21)31-18-26(30)29-28-16-24-23-12-5-4-9-20(23)13-14-25(24)32-17-19-7-2-1-3-8-19/h1-16H,17-18H2,(H,29,30)/b28-16-. The van der Waals surface area contributed by atoms with Crippen LogP contribution < -0.4 is 14.9 Å². The average molecular weight is 489 g/mol. The second kappa shape index (κ2) is 10.6. The second-order valence-corrected chi connectivity index (χ2v) is 7.93. The largest absolute Gasteiger partial charge is 0.488 e. The van der Waals surface area contributed by atoms with Gasteiger partial charge in [-0.1, -0.05) is 82.7 Å². The third kappa shape index (κ3) is 5.74. The van der Waals surface area contributed by atoms with Gasteiger partial charge in [0.15, 0.2) is 6.61 Å². The second-order valence-electron chi connectivity index (χ2n) is 7.01. The fourth-order valence-corrected chi connectivity index (χ4v) is 3.55. The van der Waals surface area contributed by atoms with E-state index in [1.165, 1.54) is 0 Å². The summed E-state index contributed by atoms with van der Waals surface area (Å²) in [6.07, 6.45) is 1.61. The van der Waals surface area contributed by atoms with Gasteiger partial charge < -0.3 is 9.47 Å². The first kappa shape index (κ1) is 21.6. The number of hydrazone groups is 1. The quantitative estimate of drug-likeness (QED) is 0.255. The molecule has 6 heteroatoms. The molecule has 0 bridgehead atoms. The van der Waals surface area contributed by atoms with E-state index in [1.54, 1.807) is 18.3 Å². The predicted octanol–water partition coefficient (Wildman–Crippen LogP) is 5.71. The van der Waals surface area contributed by atoms with Gasteiger partial charge in [-0.15, -0.1) is 0 Å². The Morgan fingerprint density at radius 3 is 2.56 bits per heavy atom. The zero-order valence-corrected chi connectivity index (χ0v) is 18.8. The molecule has 0 radical (unpaired) electrons. The molecule has 4 aromatic carbocycles. The van der Waals surface area contributed by atoms with Crippen molar-refractivity contribution in [3.05, 3.63) is 107 Å². The van der Waals surface area contributed by atoms with Gasteiger partial charge in [-0.25, -0.2) is 5.43 Å². The van der Waals surface area contributed by atoms with Crippen LogP contribution in [0.2, 0.25) is 0 Å². The van der Waals surface area contributed by atoms with Crippen molar-refractivity contribution >= 4 is 38.8 Å². The van der Waals surface area contributed by atoms with Gasteiger partial charge in [0.25, 0.3) is 5.91 Å². The van der Waals surface area contributed by atoms with Crippen LogP contribution in [0.25, 0.3) is 10.8 Å². The van der Waals surface area contributed by atoms with Crippen molar-refractivity contribution in [2.45, 2.75) is 6.61 Å². The van der Waals surface area contributed by atoms with Crippen molar-refractivity contribution < 1.29 is 14.3 Å². The SMILES string of the molecule is O=C(COc1cccc(Br)c1)N/N=C\c1c(OCc2ccccc2)ccc2ccccc12. The number of nitrogens with one attached hydrogen (secondary N) is 1. The van der Waals surface area contributed by atoms with Crippen molar-refractivity contribution in [2.24, 2.45) is 5.10 Å². The van der Waals surface area contributed by atoms with Gasteiger partial charge in [0.1, 0.15) is 18.1 Å². The summed E-state index contributed by atoms with van der Waals surface area (Å²) in [6.45, 7) is 0.299. The van der Waals surface area contributed by atoms with Crippen LogP contribution in [-0.4, -0.2) is 18.7 Å². The average Bonchev–Trinajstić information content (AvgIpc) is 2.83. The van der Waals surface area contributed by atoms with Gasteiger partial charge in [0, 0.05) is 10.0 Å². The van der Waals surface area contributed by atoms with Crippen molar-refractivity contribution in [1.82, 2.24) is 5.43 Å². The van der Waals surface area contributed by atoms with Crippen molar-refractivity contribution in [3.63, 3.8) is 0 Å². The lowest BCUT2D eigenvalue weighted by molar-refractivity contribution is -0.123. The van der Waals surface area contributed by atoms with Gasteiger partial charge in [0.05, 0.1) is 6.21 Å². The first-order chi connectivity index (χ1) is 15.7.